The van der Waals surface area contributed by atoms with Crippen molar-refractivity contribution in [1.82, 2.24) is 14.1 Å². The van der Waals surface area contributed by atoms with Gasteiger partial charge in [0.05, 0.1) is 18.5 Å². The average molecular weight is 443 g/mol. The molecular formula is C22H23ClN4O4. The second-order valence-electron chi connectivity index (χ2n) is 7.44. The lowest BCUT2D eigenvalue weighted by Gasteiger charge is -2.21. The van der Waals surface area contributed by atoms with Gasteiger partial charge in [0.1, 0.15) is 0 Å². The zero-order chi connectivity index (χ0) is 22.7. The molecule has 0 saturated heterocycles. The number of aryl methyl sites for hydroxylation is 1. The maximum atomic E-state index is 13.3. The summed E-state index contributed by atoms with van der Waals surface area (Å²) in [5.41, 5.74) is 1.03. The van der Waals surface area contributed by atoms with Crippen LogP contribution >= 0.6 is 11.6 Å². The Hall–Kier alpha value is -3.39. The third-order valence-electron chi connectivity index (χ3n) is 5.18. The minimum absolute atomic E-state index is 0.0697. The predicted molar refractivity (Wildman–Crippen MR) is 119 cm³/mol. The van der Waals surface area contributed by atoms with E-state index in [9.17, 15) is 19.5 Å². The Labute approximate surface area is 183 Å². The molecule has 0 radical (unpaired) electrons. The molecule has 0 amide bonds. The molecule has 0 aliphatic carbocycles. The fraction of sp³-hybridized carbons (Fsp3) is 0.273. The monoisotopic (exact) mass is 442 g/mol. The highest BCUT2D eigenvalue weighted by Crippen LogP contribution is 2.18. The van der Waals surface area contributed by atoms with Gasteiger partial charge in [0.15, 0.2) is 0 Å². The lowest BCUT2D eigenvalue weighted by molar-refractivity contribution is -0.142. The van der Waals surface area contributed by atoms with Gasteiger partial charge in [-0.2, -0.15) is 4.98 Å². The van der Waals surface area contributed by atoms with Gasteiger partial charge in [0, 0.05) is 10.7 Å². The lowest BCUT2D eigenvalue weighted by atomic mass is 10.0. The molecule has 0 bridgehead atoms. The van der Waals surface area contributed by atoms with Gasteiger partial charge in [-0.15, -0.1) is 0 Å². The zero-order valence-electron chi connectivity index (χ0n) is 17.4. The number of hydrogen-bond donors (Lipinski definition) is 2. The maximum absolute atomic E-state index is 13.3. The van der Waals surface area contributed by atoms with Gasteiger partial charge in [0.2, 0.25) is 5.95 Å². The number of carbonyl (C=O) groups is 1. The minimum Gasteiger partial charge on any atom is -0.481 e. The van der Waals surface area contributed by atoms with Crippen LogP contribution in [0.25, 0.3) is 0 Å². The van der Waals surface area contributed by atoms with Gasteiger partial charge in [-0.3, -0.25) is 9.36 Å². The molecule has 0 saturated carbocycles. The quantitative estimate of drug-likeness (QED) is 0.580. The first-order valence-electron chi connectivity index (χ1n) is 9.71. The fourth-order valence-corrected chi connectivity index (χ4v) is 3.19. The van der Waals surface area contributed by atoms with Crippen molar-refractivity contribution in [3.63, 3.8) is 0 Å². The van der Waals surface area contributed by atoms with Crippen molar-refractivity contribution >= 4 is 29.2 Å². The van der Waals surface area contributed by atoms with Crippen molar-refractivity contribution < 1.29 is 9.90 Å². The SMILES string of the molecule is Cc1ccc(Nc2nc(=O)n([C@@H](C)[C@@H](C)C(=O)O)c(=O)n2Cc2ccc(Cl)cc2)cc1. The summed E-state index contributed by atoms with van der Waals surface area (Å²) in [5, 5.41) is 12.9. The molecule has 3 aromatic rings. The number of aromatic nitrogens is 3. The van der Waals surface area contributed by atoms with Crippen molar-refractivity contribution in [3.8, 4) is 0 Å². The Morgan fingerprint density at radius 3 is 2.29 bits per heavy atom. The molecule has 0 aliphatic heterocycles. The second-order valence-corrected chi connectivity index (χ2v) is 7.88. The summed E-state index contributed by atoms with van der Waals surface area (Å²) >= 11 is 5.96. The predicted octanol–water partition coefficient (Wildman–Crippen LogP) is 3.44. The van der Waals surface area contributed by atoms with Crippen LogP contribution in [0.5, 0.6) is 0 Å². The van der Waals surface area contributed by atoms with Gasteiger partial charge < -0.3 is 10.4 Å². The molecule has 2 atom stereocenters. The molecule has 1 aromatic heterocycles. The number of benzene rings is 2. The normalized spacial score (nSPS) is 12.9. The maximum Gasteiger partial charge on any atom is 0.355 e. The summed E-state index contributed by atoms with van der Waals surface area (Å²) in [6, 6.07) is 13.5. The molecule has 2 aromatic carbocycles. The third kappa shape index (κ3) is 5.03. The molecular weight excluding hydrogens is 420 g/mol. The zero-order valence-corrected chi connectivity index (χ0v) is 18.1. The smallest absolute Gasteiger partial charge is 0.355 e. The van der Waals surface area contributed by atoms with E-state index >= 15 is 0 Å². The fourth-order valence-electron chi connectivity index (χ4n) is 3.06. The van der Waals surface area contributed by atoms with Gasteiger partial charge in [0.25, 0.3) is 0 Å². The van der Waals surface area contributed by atoms with E-state index in [1.165, 1.54) is 18.4 Å². The number of rotatable bonds is 7. The van der Waals surface area contributed by atoms with Crippen LogP contribution in [0.4, 0.5) is 11.6 Å². The van der Waals surface area contributed by atoms with Gasteiger partial charge in [-0.1, -0.05) is 41.4 Å². The molecule has 3 rings (SSSR count). The van der Waals surface area contributed by atoms with Crippen molar-refractivity contribution in [3.05, 3.63) is 85.6 Å². The summed E-state index contributed by atoms with van der Waals surface area (Å²) in [6.07, 6.45) is 0. The Balaban J connectivity index is 2.13. The number of hydrogen-bond acceptors (Lipinski definition) is 5. The van der Waals surface area contributed by atoms with Crippen molar-refractivity contribution in [2.45, 2.75) is 33.4 Å². The van der Waals surface area contributed by atoms with E-state index in [4.69, 9.17) is 11.6 Å². The van der Waals surface area contributed by atoms with E-state index in [0.29, 0.717) is 10.7 Å². The molecule has 31 heavy (non-hydrogen) atoms. The van der Waals surface area contributed by atoms with Gasteiger partial charge in [-0.05, 0) is 50.6 Å². The lowest BCUT2D eigenvalue weighted by Crippen LogP contribution is -2.46. The van der Waals surface area contributed by atoms with Crippen molar-refractivity contribution in [2.75, 3.05) is 5.32 Å². The highest BCUT2D eigenvalue weighted by Gasteiger charge is 2.26. The second kappa shape index (κ2) is 9.18. The van der Waals surface area contributed by atoms with E-state index in [0.717, 1.165) is 15.7 Å². The third-order valence-corrected chi connectivity index (χ3v) is 5.43. The highest BCUT2D eigenvalue weighted by atomic mass is 35.5. The van der Waals surface area contributed by atoms with Crippen LogP contribution in [0.1, 0.15) is 31.0 Å². The van der Waals surface area contributed by atoms with E-state index < -0.39 is 29.3 Å². The number of carboxylic acid groups (broad SMARTS) is 1. The Morgan fingerprint density at radius 1 is 1.10 bits per heavy atom. The molecule has 0 fully saturated rings. The number of anilines is 2. The average Bonchev–Trinajstić information content (AvgIpc) is 2.73. The molecule has 8 nitrogen and oxygen atoms in total. The molecule has 1 heterocycles. The van der Waals surface area contributed by atoms with Gasteiger partial charge >= 0.3 is 17.3 Å². The van der Waals surface area contributed by atoms with Crippen LogP contribution in [0, 0.1) is 12.8 Å². The Morgan fingerprint density at radius 2 is 1.71 bits per heavy atom. The van der Waals surface area contributed by atoms with E-state index in [1.807, 2.05) is 31.2 Å². The number of carboxylic acids is 1. The van der Waals surface area contributed by atoms with E-state index in [1.54, 1.807) is 24.3 Å². The van der Waals surface area contributed by atoms with Gasteiger partial charge in [-0.25, -0.2) is 14.2 Å². The highest BCUT2D eigenvalue weighted by molar-refractivity contribution is 6.30. The summed E-state index contributed by atoms with van der Waals surface area (Å²) < 4.78 is 2.20. The van der Waals surface area contributed by atoms with Crippen LogP contribution in [-0.4, -0.2) is 25.2 Å². The van der Waals surface area contributed by atoms with E-state index in [2.05, 4.69) is 10.3 Å². The number of nitrogens with zero attached hydrogens (tertiary/aromatic N) is 3. The summed E-state index contributed by atoms with van der Waals surface area (Å²) in [6.45, 7) is 5.03. The minimum atomic E-state index is -1.11. The molecule has 0 unspecified atom stereocenters. The number of halogens is 1. The van der Waals surface area contributed by atoms with Crippen LogP contribution in [0.3, 0.4) is 0 Å². The van der Waals surface area contributed by atoms with Crippen LogP contribution < -0.4 is 16.7 Å². The molecule has 9 heteroatoms. The summed E-state index contributed by atoms with van der Waals surface area (Å²) in [4.78, 5) is 41.5. The Bertz CT molecular complexity index is 1200. The molecule has 0 spiro atoms. The summed E-state index contributed by atoms with van der Waals surface area (Å²) in [7, 11) is 0. The molecule has 0 aliphatic rings. The van der Waals surface area contributed by atoms with Crippen molar-refractivity contribution in [2.24, 2.45) is 5.92 Å². The Kier molecular flexibility index (Phi) is 6.60. The molecule has 2 N–H and O–H groups in total. The standard InChI is InChI=1S/C22H23ClN4O4/c1-13-4-10-18(11-5-13)24-20-25-21(30)27(15(3)14(2)19(28)29)22(31)26(20)12-16-6-8-17(23)9-7-16/h4-11,14-15H,12H2,1-3H3,(H,28,29)(H,24,25,30)/t14-,15+/m1/s1. The molecule has 162 valence electrons. The van der Waals surface area contributed by atoms with Crippen LogP contribution in [-0.2, 0) is 11.3 Å². The van der Waals surface area contributed by atoms with Crippen LogP contribution in [0.15, 0.2) is 58.1 Å². The summed E-state index contributed by atoms with van der Waals surface area (Å²) in [5.74, 6) is -1.99. The first-order chi connectivity index (χ1) is 14.7. The first-order valence-corrected chi connectivity index (χ1v) is 10.1. The largest absolute Gasteiger partial charge is 0.481 e. The topological polar surface area (TPSA) is 106 Å². The van der Waals surface area contributed by atoms with Crippen molar-refractivity contribution in [1.29, 1.82) is 0 Å². The number of nitrogens with one attached hydrogen (secondary N) is 1. The van der Waals surface area contributed by atoms with Crippen LogP contribution in [0.2, 0.25) is 5.02 Å². The first kappa shape index (κ1) is 22.3. The number of aliphatic carboxylic acids is 1. The van der Waals surface area contributed by atoms with E-state index in [-0.39, 0.29) is 12.5 Å².